The van der Waals surface area contributed by atoms with Crippen LogP contribution < -0.4 is 0 Å². The van der Waals surface area contributed by atoms with Gasteiger partial charge in [0, 0.05) is 11.8 Å². The molecule has 0 aromatic rings. The van der Waals surface area contributed by atoms with Gasteiger partial charge in [-0.25, -0.2) is 4.79 Å². The maximum atomic E-state index is 10.9. The van der Waals surface area contributed by atoms with E-state index >= 15 is 0 Å². The second kappa shape index (κ2) is 2.03. The molecule has 4 aliphatic rings. The minimum atomic E-state index is -0.481. The SMILES string of the molecule is O=C1O[C@@H]2[C@H](O1)[C@H]1C=C[C@H]2CC1. The van der Waals surface area contributed by atoms with E-state index in [1.807, 2.05) is 0 Å². The highest BCUT2D eigenvalue weighted by atomic mass is 16.8. The van der Waals surface area contributed by atoms with Crippen molar-refractivity contribution >= 4 is 6.16 Å². The molecule has 0 unspecified atom stereocenters. The zero-order chi connectivity index (χ0) is 8.13. The quantitative estimate of drug-likeness (QED) is 0.404. The van der Waals surface area contributed by atoms with Gasteiger partial charge in [0.05, 0.1) is 0 Å². The first-order valence-electron chi connectivity index (χ1n) is 4.40. The van der Waals surface area contributed by atoms with E-state index in [4.69, 9.17) is 9.47 Å². The molecule has 2 fully saturated rings. The Kier molecular flexibility index (Phi) is 1.10. The first-order valence-corrected chi connectivity index (χ1v) is 4.40. The van der Waals surface area contributed by atoms with E-state index in [0.717, 1.165) is 12.8 Å². The van der Waals surface area contributed by atoms with E-state index in [2.05, 4.69) is 12.2 Å². The van der Waals surface area contributed by atoms with Gasteiger partial charge in [-0.15, -0.1) is 0 Å². The fourth-order valence-electron chi connectivity index (χ4n) is 2.46. The van der Waals surface area contributed by atoms with Gasteiger partial charge in [0.1, 0.15) is 12.2 Å². The summed E-state index contributed by atoms with van der Waals surface area (Å²) in [6, 6.07) is 0. The molecule has 3 nitrogen and oxygen atoms in total. The Morgan fingerprint density at radius 1 is 1.08 bits per heavy atom. The van der Waals surface area contributed by atoms with E-state index in [9.17, 15) is 4.79 Å². The smallest absolute Gasteiger partial charge is 0.426 e. The van der Waals surface area contributed by atoms with E-state index in [1.165, 1.54) is 0 Å². The third kappa shape index (κ3) is 0.687. The summed E-state index contributed by atoms with van der Waals surface area (Å²) >= 11 is 0. The third-order valence-electron chi connectivity index (χ3n) is 3.07. The molecule has 3 heteroatoms. The number of fused-ring (bicyclic) bond motifs is 1. The average molecular weight is 166 g/mol. The van der Waals surface area contributed by atoms with Crippen LogP contribution in [0.25, 0.3) is 0 Å². The Morgan fingerprint density at radius 3 is 2.00 bits per heavy atom. The molecule has 3 aliphatic carbocycles. The fourth-order valence-corrected chi connectivity index (χ4v) is 2.46. The van der Waals surface area contributed by atoms with Gasteiger partial charge < -0.3 is 9.47 Å². The molecule has 1 saturated carbocycles. The van der Waals surface area contributed by atoms with Crippen molar-refractivity contribution in [3.63, 3.8) is 0 Å². The fraction of sp³-hybridized carbons (Fsp3) is 0.667. The number of hydrogen-bond acceptors (Lipinski definition) is 3. The van der Waals surface area contributed by atoms with Crippen LogP contribution in [0.1, 0.15) is 12.8 Å². The van der Waals surface area contributed by atoms with Crippen LogP contribution in [0.15, 0.2) is 12.2 Å². The van der Waals surface area contributed by atoms with Crippen molar-refractivity contribution in [3.8, 4) is 0 Å². The molecule has 0 radical (unpaired) electrons. The zero-order valence-electron chi connectivity index (χ0n) is 6.60. The molecule has 2 bridgehead atoms. The van der Waals surface area contributed by atoms with E-state index in [-0.39, 0.29) is 12.2 Å². The summed E-state index contributed by atoms with van der Waals surface area (Å²) in [6.07, 6.45) is 6.15. The van der Waals surface area contributed by atoms with Crippen molar-refractivity contribution in [2.45, 2.75) is 25.0 Å². The first-order chi connectivity index (χ1) is 5.84. The monoisotopic (exact) mass is 166 g/mol. The topological polar surface area (TPSA) is 35.5 Å². The Labute approximate surface area is 70.3 Å². The minimum absolute atomic E-state index is 0.0150. The van der Waals surface area contributed by atoms with Gasteiger partial charge in [-0.3, -0.25) is 0 Å². The summed E-state index contributed by atoms with van der Waals surface area (Å²) in [6.45, 7) is 0. The number of ether oxygens (including phenoxy) is 2. The van der Waals surface area contributed by atoms with Crippen LogP contribution in [0.5, 0.6) is 0 Å². The van der Waals surface area contributed by atoms with Gasteiger partial charge in [0.25, 0.3) is 0 Å². The molecule has 0 amide bonds. The minimum Gasteiger partial charge on any atom is -0.426 e. The molecular weight excluding hydrogens is 156 g/mol. The number of carbonyl (C=O) groups excluding carboxylic acids is 1. The van der Waals surface area contributed by atoms with Crippen LogP contribution in [-0.2, 0) is 9.47 Å². The van der Waals surface area contributed by atoms with Crippen molar-refractivity contribution in [2.75, 3.05) is 0 Å². The lowest BCUT2D eigenvalue weighted by atomic mass is 9.72. The lowest BCUT2D eigenvalue weighted by Gasteiger charge is -2.37. The molecule has 1 heterocycles. The Balaban J connectivity index is 1.97. The van der Waals surface area contributed by atoms with E-state index < -0.39 is 6.16 Å². The van der Waals surface area contributed by atoms with Gasteiger partial charge in [0.15, 0.2) is 0 Å². The highest BCUT2D eigenvalue weighted by Gasteiger charge is 2.49. The van der Waals surface area contributed by atoms with Crippen LogP contribution in [0.2, 0.25) is 0 Å². The maximum absolute atomic E-state index is 10.9. The molecule has 0 aromatic heterocycles. The molecule has 4 rings (SSSR count). The Bertz CT molecular complexity index is 234. The molecule has 12 heavy (non-hydrogen) atoms. The zero-order valence-corrected chi connectivity index (χ0v) is 6.60. The lowest BCUT2D eigenvalue weighted by Crippen LogP contribution is -2.42. The molecule has 0 aromatic carbocycles. The lowest BCUT2D eigenvalue weighted by molar-refractivity contribution is 0.0383. The van der Waals surface area contributed by atoms with Gasteiger partial charge >= 0.3 is 6.16 Å². The summed E-state index contributed by atoms with van der Waals surface area (Å²) in [5, 5.41) is 0. The molecule has 1 saturated heterocycles. The Morgan fingerprint density at radius 2 is 1.58 bits per heavy atom. The van der Waals surface area contributed by atoms with Crippen molar-refractivity contribution < 1.29 is 14.3 Å². The predicted molar refractivity (Wildman–Crippen MR) is 40.5 cm³/mol. The molecule has 0 N–H and O–H groups in total. The van der Waals surface area contributed by atoms with Gasteiger partial charge in [-0.05, 0) is 12.8 Å². The van der Waals surface area contributed by atoms with E-state index in [1.54, 1.807) is 0 Å². The summed E-state index contributed by atoms with van der Waals surface area (Å²) in [5.74, 6) is 0.817. The largest absolute Gasteiger partial charge is 0.509 e. The van der Waals surface area contributed by atoms with Gasteiger partial charge in [-0.1, -0.05) is 12.2 Å². The number of carbonyl (C=O) groups is 1. The summed E-state index contributed by atoms with van der Waals surface area (Å²) in [5.41, 5.74) is 0. The predicted octanol–water partition coefficient (Wildman–Crippen LogP) is 1.49. The Hall–Kier alpha value is -0.990. The van der Waals surface area contributed by atoms with Gasteiger partial charge in [-0.2, -0.15) is 0 Å². The molecule has 64 valence electrons. The highest BCUT2D eigenvalue weighted by molar-refractivity contribution is 5.63. The maximum Gasteiger partial charge on any atom is 0.509 e. The van der Waals surface area contributed by atoms with Crippen LogP contribution in [-0.4, -0.2) is 18.4 Å². The molecule has 1 aliphatic heterocycles. The molecule has 4 atom stereocenters. The van der Waals surface area contributed by atoms with Crippen molar-refractivity contribution in [2.24, 2.45) is 11.8 Å². The van der Waals surface area contributed by atoms with Crippen molar-refractivity contribution in [3.05, 3.63) is 12.2 Å². The third-order valence-corrected chi connectivity index (χ3v) is 3.07. The highest BCUT2D eigenvalue weighted by Crippen LogP contribution is 2.42. The number of hydrogen-bond donors (Lipinski definition) is 0. The molecule has 0 spiro atoms. The summed E-state index contributed by atoms with van der Waals surface area (Å²) in [4.78, 5) is 10.9. The van der Waals surface area contributed by atoms with Crippen molar-refractivity contribution in [1.82, 2.24) is 0 Å². The second-order valence-electron chi connectivity index (χ2n) is 3.70. The van der Waals surface area contributed by atoms with Crippen LogP contribution in [0.4, 0.5) is 4.79 Å². The van der Waals surface area contributed by atoms with Crippen LogP contribution in [0.3, 0.4) is 0 Å². The summed E-state index contributed by atoms with van der Waals surface area (Å²) < 4.78 is 10.2. The normalized spacial score (nSPS) is 48.5. The van der Waals surface area contributed by atoms with Crippen LogP contribution in [0, 0.1) is 11.8 Å². The average Bonchev–Trinajstić information content (AvgIpc) is 2.49. The van der Waals surface area contributed by atoms with E-state index in [0.29, 0.717) is 11.8 Å². The van der Waals surface area contributed by atoms with Crippen LogP contribution >= 0.6 is 0 Å². The second-order valence-corrected chi connectivity index (χ2v) is 3.70. The van der Waals surface area contributed by atoms with Crippen molar-refractivity contribution in [1.29, 1.82) is 0 Å². The standard InChI is InChI=1S/C9H10O3/c10-9-11-7-5-1-2-6(4-3-5)8(7)12-9/h1-2,5-8H,3-4H2/t5-,6-,7-,8+/m0/s1. The number of rotatable bonds is 0. The summed E-state index contributed by atoms with van der Waals surface area (Å²) in [7, 11) is 0. The first kappa shape index (κ1) is 6.52. The molecular formula is C9H10O3. The van der Waals surface area contributed by atoms with Gasteiger partial charge in [0.2, 0.25) is 0 Å².